The number of benzene rings is 1. The molecule has 2 aliphatic carbocycles. The molecule has 2 saturated carbocycles. The minimum Gasteiger partial charge on any atom is -0.320 e. The molecule has 2 atom stereocenters. The Morgan fingerprint density at radius 3 is 2.56 bits per heavy atom. The number of nitrogens with zero attached hydrogens (tertiary/aromatic N) is 1. The molecule has 94 valence electrons. The highest BCUT2D eigenvalue weighted by molar-refractivity contribution is 5.94. The fourth-order valence-electron chi connectivity index (χ4n) is 2.90. The van der Waals surface area contributed by atoms with Gasteiger partial charge in [0, 0.05) is 12.0 Å². The summed E-state index contributed by atoms with van der Waals surface area (Å²) in [5.74, 6) is 1.42. The van der Waals surface area contributed by atoms with E-state index in [1.807, 2.05) is 0 Å². The van der Waals surface area contributed by atoms with Crippen molar-refractivity contribution in [3.8, 4) is 0 Å². The fraction of sp³-hybridized carbons (Fsp3) is 0.462. The second-order valence-corrected chi connectivity index (χ2v) is 5.19. The van der Waals surface area contributed by atoms with Crippen LogP contribution in [0.1, 0.15) is 19.3 Å². The molecule has 0 aliphatic heterocycles. The van der Waals surface area contributed by atoms with E-state index in [1.54, 1.807) is 18.2 Å². The van der Waals surface area contributed by atoms with Crippen LogP contribution < -0.4 is 5.32 Å². The summed E-state index contributed by atoms with van der Waals surface area (Å²) >= 11 is 0. The molecule has 0 spiro atoms. The van der Waals surface area contributed by atoms with Gasteiger partial charge in [0.05, 0.1) is 4.92 Å². The van der Waals surface area contributed by atoms with Gasteiger partial charge in [0.1, 0.15) is 5.69 Å². The highest BCUT2D eigenvalue weighted by atomic mass is 16.6. The number of anilines is 1. The van der Waals surface area contributed by atoms with Gasteiger partial charge in [-0.05, 0) is 37.2 Å². The van der Waals surface area contributed by atoms with Gasteiger partial charge in [0.15, 0.2) is 0 Å². The number of amides is 1. The zero-order valence-electron chi connectivity index (χ0n) is 9.83. The molecule has 1 aromatic carbocycles. The largest absolute Gasteiger partial charge is 0.320 e. The normalized spacial score (nSPS) is 28.6. The molecule has 18 heavy (non-hydrogen) atoms. The van der Waals surface area contributed by atoms with Crippen LogP contribution in [0.5, 0.6) is 0 Å². The number of carbonyl (C=O) groups excluding carboxylic acids is 1. The van der Waals surface area contributed by atoms with Crippen LogP contribution >= 0.6 is 0 Å². The summed E-state index contributed by atoms with van der Waals surface area (Å²) < 4.78 is 0. The van der Waals surface area contributed by atoms with Gasteiger partial charge in [0.2, 0.25) is 5.91 Å². The molecule has 2 unspecified atom stereocenters. The molecular formula is C13H14N2O3. The molecule has 0 saturated heterocycles. The van der Waals surface area contributed by atoms with Crippen LogP contribution in [0.15, 0.2) is 24.3 Å². The maximum Gasteiger partial charge on any atom is 0.292 e. The zero-order valence-corrected chi connectivity index (χ0v) is 9.83. The predicted octanol–water partition coefficient (Wildman–Crippen LogP) is 2.58. The van der Waals surface area contributed by atoms with Crippen LogP contribution in [0.3, 0.4) is 0 Å². The van der Waals surface area contributed by atoms with Crippen molar-refractivity contribution in [1.82, 2.24) is 0 Å². The summed E-state index contributed by atoms with van der Waals surface area (Å²) in [6.45, 7) is 0. The van der Waals surface area contributed by atoms with Crippen molar-refractivity contribution in [2.75, 3.05) is 5.32 Å². The number of fused-ring (bicyclic) bond motifs is 1. The number of hydrogen-bond acceptors (Lipinski definition) is 3. The third-order valence-electron chi connectivity index (χ3n) is 3.97. The second kappa shape index (κ2) is 4.08. The Balaban J connectivity index is 1.72. The van der Waals surface area contributed by atoms with Crippen molar-refractivity contribution in [1.29, 1.82) is 0 Å². The molecule has 0 heterocycles. The second-order valence-electron chi connectivity index (χ2n) is 5.19. The molecule has 0 aromatic heterocycles. The molecule has 5 nitrogen and oxygen atoms in total. The van der Waals surface area contributed by atoms with E-state index in [0.29, 0.717) is 5.69 Å². The van der Waals surface area contributed by atoms with E-state index in [9.17, 15) is 14.9 Å². The van der Waals surface area contributed by atoms with E-state index in [1.165, 1.54) is 12.5 Å². The van der Waals surface area contributed by atoms with Crippen molar-refractivity contribution in [3.63, 3.8) is 0 Å². The Hall–Kier alpha value is -1.91. The molecule has 1 aromatic rings. The number of rotatable bonds is 3. The third-order valence-corrected chi connectivity index (χ3v) is 3.97. The molecule has 1 N–H and O–H groups in total. The molecule has 2 aliphatic rings. The average molecular weight is 246 g/mol. The van der Waals surface area contributed by atoms with Gasteiger partial charge in [-0.2, -0.15) is 0 Å². The van der Waals surface area contributed by atoms with Crippen molar-refractivity contribution in [2.24, 2.45) is 17.8 Å². The van der Waals surface area contributed by atoms with E-state index >= 15 is 0 Å². The van der Waals surface area contributed by atoms with Crippen molar-refractivity contribution in [2.45, 2.75) is 19.3 Å². The summed E-state index contributed by atoms with van der Waals surface area (Å²) in [5.41, 5.74) is 0.252. The Morgan fingerprint density at radius 2 is 1.89 bits per heavy atom. The quantitative estimate of drug-likeness (QED) is 0.658. The van der Waals surface area contributed by atoms with Crippen LogP contribution in [0.4, 0.5) is 11.4 Å². The van der Waals surface area contributed by atoms with E-state index in [4.69, 9.17) is 0 Å². The first-order chi connectivity index (χ1) is 8.65. The van der Waals surface area contributed by atoms with Gasteiger partial charge in [-0.1, -0.05) is 12.1 Å². The summed E-state index contributed by atoms with van der Waals surface area (Å²) in [5, 5.41) is 13.5. The standard InChI is InChI=1S/C13H14N2O3/c16-13(10-6-8-5-9(8)7-10)14-11-3-1-2-4-12(11)15(17)18/h1-4,8-10H,5-7H2,(H,14,16). The lowest BCUT2D eigenvalue weighted by atomic mass is 10.0. The smallest absolute Gasteiger partial charge is 0.292 e. The summed E-state index contributed by atoms with van der Waals surface area (Å²) in [4.78, 5) is 22.4. The average Bonchev–Trinajstić information content (AvgIpc) is 2.96. The van der Waals surface area contributed by atoms with Crippen molar-refractivity contribution in [3.05, 3.63) is 34.4 Å². The van der Waals surface area contributed by atoms with Crippen LogP contribution in [-0.4, -0.2) is 10.8 Å². The Labute approximate surface area is 104 Å². The minimum absolute atomic E-state index is 0.0357. The van der Waals surface area contributed by atoms with Gasteiger partial charge in [-0.15, -0.1) is 0 Å². The summed E-state index contributed by atoms with van der Waals surface area (Å²) in [7, 11) is 0. The van der Waals surface area contributed by atoms with E-state index in [0.717, 1.165) is 24.7 Å². The summed E-state index contributed by atoms with van der Waals surface area (Å²) in [6.07, 6.45) is 3.14. The third kappa shape index (κ3) is 1.96. The van der Waals surface area contributed by atoms with Gasteiger partial charge >= 0.3 is 0 Å². The lowest BCUT2D eigenvalue weighted by Crippen LogP contribution is -2.22. The minimum atomic E-state index is -0.471. The lowest BCUT2D eigenvalue weighted by molar-refractivity contribution is -0.383. The first-order valence-corrected chi connectivity index (χ1v) is 6.19. The fourth-order valence-corrected chi connectivity index (χ4v) is 2.90. The number of carbonyl (C=O) groups is 1. The Kier molecular flexibility index (Phi) is 2.54. The molecule has 3 rings (SSSR count). The summed E-state index contributed by atoms with van der Waals surface area (Å²) in [6, 6.07) is 6.26. The number of para-hydroxylation sites is 2. The molecule has 2 fully saturated rings. The van der Waals surface area contributed by atoms with Crippen LogP contribution in [0, 0.1) is 27.9 Å². The zero-order chi connectivity index (χ0) is 12.7. The maximum atomic E-state index is 12.0. The molecular weight excluding hydrogens is 232 g/mol. The topological polar surface area (TPSA) is 72.2 Å². The molecule has 5 heteroatoms. The lowest BCUT2D eigenvalue weighted by Gasteiger charge is -2.12. The van der Waals surface area contributed by atoms with Crippen molar-refractivity contribution >= 4 is 17.3 Å². The highest BCUT2D eigenvalue weighted by Gasteiger charge is 2.48. The van der Waals surface area contributed by atoms with E-state index in [-0.39, 0.29) is 17.5 Å². The number of hydrogen-bond donors (Lipinski definition) is 1. The first-order valence-electron chi connectivity index (χ1n) is 6.19. The molecule has 0 radical (unpaired) electrons. The number of nitro benzene ring substituents is 1. The monoisotopic (exact) mass is 246 g/mol. The van der Waals surface area contributed by atoms with Crippen LogP contribution in [0.25, 0.3) is 0 Å². The first kappa shape index (κ1) is 11.2. The molecule has 1 amide bonds. The van der Waals surface area contributed by atoms with Gasteiger partial charge in [-0.3, -0.25) is 14.9 Å². The predicted molar refractivity (Wildman–Crippen MR) is 66.0 cm³/mol. The SMILES string of the molecule is O=C(Nc1ccccc1[N+](=O)[O-])C1CC2CC2C1. The van der Waals surface area contributed by atoms with E-state index < -0.39 is 4.92 Å². The van der Waals surface area contributed by atoms with Crippen LogP contribution in [-0.2, 0) is 4.79 Å². The molecule has 0 bridgehead atoms. The number of nitro groups is 1. The van der Waals surface area contributed by atoms with Crippen LogP contribution in [0.2, 0.25) is 0 Å². The van der Waals surface area contributed by atoms with Crippen molar-refractivity contribution < 1.29 is 9.72 Å². The van der Waals surface area contributed by atoms with Gasteiger partial charge < -0.3 is 5.32 Å². The number of nitrogens with one attached hydrogen (secondary N) is 1. The highest BCUT2D eigenvalue weighted by Crippen LogP contribution is 2.54. The van der Waals surface area contributed by atoms with Gasteiger partial charge in [-0.25, -0.2) is 0 Å². The van der Waals surface area contributed by atoms with Gasteiger partial charge in [0.25, 0.3) is 5.69 Å². The Morgan fingerprint density at radius 1 is 1.22 bits per heavy atom. The maximum absolute atomic E-state index is 12.0. The Bertz CT molecular complexity index is 505. The van der Waals surface area contributed by atoms with E-state index in [2.05, 4.69) is 5.32 Å².